The molecule has 1 unspecified atom stereocenters. The van der Waals surface area contributed by atoms with Gasteiger partial charge in [0, 0.05) is 13.5 Å². The molecule has 1 aromatic heterocycles. The molecular weight excluding hydrogens is 348 g/mol. The van der Waals surface area contributed by atoms with Gasteiger partial charge in [-0.2, -0.15) is 0 Å². The van der Waals surface area contributed by atoms with Crippen molar-refractivity contribution in [2.45, 2.75) is 46.6 Å². The lowest BCUT2D eigenvalue weighted by Gasteiger charge is -2.33. The summed E-state index contributed by atoms with van der Waals surface area (Å²) in [7, 11) is 1.58. The molecule has 9 heteroatoms. The summed E-state index contributed by atoms with van der Waals surface area (Å²) >= 11 is 0. The fourth-order valence-electron chi connectivity index (χ4n) is 3.44. The van der Waals surface area contributed by atoms with Crippen LogP contribution in [0.15, 0.2) is 11.1 Å². The number of likely N-dealkylation sites (N-methyl/N-ethyl adjacent to an activating group) is 2. The molecule has 144 valence electrons. The van der Waals surface area contributed by atoms with E-state index in [9.17, 15) is 14.4 Å². The Morgan fingerprint density at radius 3 is 2.48 bits per heavy atom. The third kappa shape index (κ3) is 2.96. The van der Waals surface area contributed by atoms with Gasteiger partial charge in [-0.05, 0) is 26.3 Å². The summed E-state index contributed by atoms with van der Waals surface area (Å²) < 4.78 is 3.59. The second kappa shape index (κ2) is 7.05. The maximum absolute atomic E-state index is 13.0. The Kier molecular flexibility index (Phi) is 4.95. The van der Waals surface area contributed by atoms with Gasteiger partial charge in [0.15, 0.2) is 0 Å². The first-order chi connectivity index (χ1) is 12.8. The van der Waals surface area contributed by atoms with Crippen molar-refractivity contribution in [3.05, 3.63) is 17.5 Å². The van der Waals surface area contributed by atoms with Crippen molar-refractivity contribution in [2.75, 3.05) is 20.1 Å². The molecule has 1 aromatic rings. The minimum Gasteiger partial charge on any atom is -0.298 e. The number of carbonyl (C=O) groups is 3. The predicted molar refractivity (Wildman–Crippen MR) is 99.0 cm³/mol. The average molecular weight is 373 g/mol. The molecule has 2 aliphatic heterocycles. The van der Waals surface area contributed by atoms with Crippen LogP contribution < -0.4 is 0 Å². The van der Waals surface area contributed by atoms with E-state index in [4.69, 9.17) is 0 Å². The van der Waals surface area contributed by atoms with E-state index < -0.39 is 18.0 Å². The number of aromatic nitrogens is 2. The summed E-state index contributed by atoms with van der Waals surface area (Å²) in [6, 6.07) is 0.765. The molecule has 1 fully saturated rings. The lowest BCUT2D eigenvalue weighted by atomic mass is 10.1. The molecule has 3 heterocycles. The minimum atomic E-state index is -0.731. The molecule has 2 aliphatic rings. The topological polar surface area (TPSA) is 90.9 Å². The number of Topliss-reactive ketones (excluding diaryl/α,β-unsaturated/α-hetero) is 1. The molecule has 0 bridgehead atoms. The SMILES string of the molecule is CCc1cc(CC)n(C2=[N+](CC)C3C(=O)N(CC(C)=O)C(=O)N(C)C3=N2)n1. The number of amidine groups is 1. The smallest absolute Gasteiger partial charge is 0.298 e. The Labute approximate surface area is 158 Å². The summed E-state index contributed by atoms with van der Waals surface area (Å²) in [5, 5.41) is 4.62. The standard InChI is InChI=1S/C18H25N6O3/c1-6-12-9-13(7-2)24(20-12)17-19-15-14(22(17)8-3)16(26)23(10-11(4)25)18(27)21(15)5/h9,14H,6-8,10H2,1-5H3/q+1. The molecule has 0 spiro atoms. The summed E-state index contributed by atoms with van der Waals surface area (Å²) in [4.78, 5) is 44.1. The van der Waals surface area contributed by atoms with Gasteiger partial charge in [0.25, 0.3) is 5.91 Å². The van der Waals surface area contributed by atoms with Gasteiger partial charge >= 0.3 is 12.0 Å². The quantitative estimate of drug-likeness (QED) is 0.703. The summed E-state index contributed by atoms with van der Waals surface area (Å²) in [6.45, 7) is 7.63. The highest BCUT2D eigenvalue weighted by atomic mass is 16.2. The van der Waals surface area contributed by atoms with Crippen LogP contribution in [0, 0.1) is 0 Å². The van der Waals surface area contributed by atoms with Gasteiger partial charge in [0.2, 0.25) is 11.9 Å². The largest absolute Gasteiger partial charge is 0.421 e. The summed E-state index contributed by atoms with van der Waals surface area (Å²) in [5.41, 5.74) is 1.93. The third-order valence-corrected chi connectivity index (χ3v) is 4.86. The predicted octanol–water partition coefficient (Wildman–Crippen LogP) is 0.508. The third-order valence-electron chi connectivity index (χ3n) is 4.86. The number of imide groups is 1. The molecule has 0 aliphatic carbocycles. The number of rotatable bonds is 5. The van der Waals surface area contributed by atoms with Crippen LogP contribution in [0.5, 0.6) is 0 Å². The number of carbonyl (C=O) groups excluding carboxylic acids is 3. The number of nitrogens with zero attached hydrogens (tertiary/aromatic N) is 6. The average Bonchev–Trinajstić information content (AvgIpc) is 3.23. The van der Waals surface area contributed by atoms with E-state index in [0.717, 1.165) is 29.1 Å². The molecule has 0 radical (unpaired) electrons. The van der Waals surface area contributed by atoms with Crippen LogP contribution in [-0.4, -0.2) is 79.9 Å². The first kappa shape index (κ1) is 18.9. The first-order valence-corrected chi connectivity index (χ1v) is 9.22. The number of amides is 3. The van der Waals surface area contributed by atoms with E-state index in [1.807, 2.05) is 31.4 Å². The Morgan fingerprint density at radius 2 is 1.93 bits per heavy atom. The lowest BCUT2D eigenvalue weighted by Crippen LogP contribution is -2.63. The Bertz CT molecular complexity index is 882. The molecule has 0 saturated carbocycles. The van der Waals surface area contributed by atoms with Crippen LogP contribution >= 0.6 is 0 Å². The maximum atomic E-state index is 13.0. The molecular formula is C18H25N6O3+. The minimum absolute atomic E-state index is 0.235. The monoisotopic (exact) mass is 373 g/mol. The van der Waals surface area contributed by atoms with Crippen LogP contribution in [0.2, 0.25) is 0 Å². The molecule has 3 amide bonds. The molecule has 0 aromatic carbocycles. The van der Waals surface area contributed by atoms with Crippen molar-refractivity contribution in [1.82, 2.24) is 19.6 Å². The van der Waals surface area contributed by atoms with Crippen molar-refractivity contribution < 1.29 is 19.0 Å². The number of hydrogen-bond acceptors (Lipinski definition) is 5. The first-order valence-electron chi connectivity index (χ1n) is 9.22. The molecule has 9 nitrogen and oxygen atoms in total. The summed E-state index contributed by atoms with van der Waals surface area (Å²) in [5.74, 6) is 0.234. The van der Waals surface area contributed by atoms with Crippen molar-refractivity contribution in [3.63, 3.8) is 0 Å². The second-order valence-corrected chi connectivity index (χ2v) is 6.67. The number of aryl methyl sites for hydroxylation is 2. The zero-order chi connectivity index (χ0) is 19.9. The van der Waals surface area contributed by atoms with Crippen molar-refractivity contribution in [3.8, 4) is 0 Å². The van der Waals surface area contributed by atoms with Gasteiger partial charge in [-0.1, -0.05) is 18.8 Å². The number of ketones is 1. The van der Waals surface area contributed by atoms with Gasteiger partial charge in [-0.3, -0.25) is 19.4 Å². The van der Waals surface area contributed by atoms with Crippen molar-refractivity contribution in [2.24, 2.45) is 4.99 Å². The van der Waals surface area contributed by atoms with Crippen molar-refractivity contribution >= 4 is 29.5 Å². The van der Waals surface area contributed by atoms with E-state index in [1.165, 1.54) is 11.8 Å². The van der Waals surface area contributed by atoms with Crippen LogP contribution in [-0.2, 0) is 22.4 Å². The van der Waals surface area contributed by atoms with E-state index in [-0.39, 0.29) is 12.3 Å². The zero-order valence-corrected chi connectivity index (χ0v) is 16.4. The highest BCUT2D eigenvalue weighted by molar-refractivity contribution is 6.23. The number of fused-ring (bicyclic) bond motifs is 1. The lowest BCUT2D eigenvalue weighted by molar-refractivity contribution is -0.534. The van der Waals surface area contributed by atoms with Crippen LogP contribution in [0.4, 0.5) is 4.79 Å². The molecule has 3 rings (SSSR count). The van der Waals surface area contributed by atoms with E-state index in [0.29, 0.717) is 18.3 Å². The van der Waals surface area contributed by atoms with Gasteiger partial charge in [0.1, 0.15) is 11.5 Å². The summed E-state index contributed by atoms with van der Waals surface area (Å²) in [6.07, 6.45) is 1.56. The normalized spacial score (nSPS) is 19.7. The fraction of sp³-hybridized carbons (Fsp3) is 0.556. The zero-order valence-electron chi connectivity index (χ0n) is 16.4. The number of urea groups is 1. The van der Waals surface area contributed by atoms with Gasteiger partial charge in [-0.15, -0.1) is 9.78 Å². The van der Waals surface area contributed by atoms with Crippen LogP contribution in [0.1, 0.15) is 39.1 Å². The Hall–Kier alpha value is -2.84. The molecule has 0 N–H and O–H groups in total. The van der Waals surface area contributed by atoms with Gasteiger partial charge in [-0.25, -0.2) is 9.37 Å². The number of aliphatic imine (C=N–C) groups is 1. The van der Waals surface area contributed by atoms with E-state index >= 15 is 0 Å². The Balaban J connectivity index is 2.12. The van der Waals surface area contributed by atoms with Crippen molar-refractivity contribution in [1.29, 1.82) is 0 Å². The second-order valence-electron chi connectivity index (χ2n) is 6.67. The highest BCUT2D eigenvalue weighted by Crippen LogP contribution is 2.21. The highest BCUT2D eigenvalue weighted by Gasteiger charge is 2.53. The Morgan fingerprint density at radius 1 is 1.22 bits per heavy atom. The van der Waals surface area contributed by atoms with Crippen LogP contribution in [0.3, 0.4) is 0 Å². The van der Waals surface area contributed by atoms with E-state index in [2.05, 4.69) is 10.1 Å². The van der Waals surface area contributed by atoms with Crippen LogP contribution in [0.25, 0.3) is 0 Å². The van der Waals surface area contributed by atoms with Gasteiger partial charge in [0.05, 0.1) is 18.8 Å². The molecule has 1 atom stereocenters. The maximum Gasteiger partial charge on any atom is 0.421 e. The molecule has 27 heavy (non-hydrogen) atoms. The molecule has 1 saturated heterocycles. The fourth-order valence-corrected chi connectivity index (χ4v) is 3.44. The number of hydrogen-bond donors (Lipinski definition) is 0. The van der Waals surface area contributed by atoms with E-state index in [1.54, 1.807) is 11.7 Å². The van der Waals surface area contributed by atoms with Gasteiger partial charge < -0.3 is 0 Å².